The van der Waals surface area contributed by atoms with E-state index in [4.69, 9.17) is 4.74 Å². The van der Waals surface area contributed by atoms with Gasteiger partial charge in [0.25, 0.3) is 0 Å². The monoisotopic (exact) mass is 241 g/mol. The number of nitrogens with one attached hydrogen (secondary N) is 1. The van der Waals surface area contributed by atoms with Crippen LogP contribution in [0.4, 0.5) is 5.13 Å². The first-order valence-corrected chi connectivity index (χ1v) is 6.32. The lowest BCUT2D eigenvalue weighted by atomic mass is 10.1. The van der Waals surface area contributed by atoms with E-state index in [-0.39, 0.29) is 0 Å². The summed E-state index contributed by atoms with van der Waals surface area (Å²) in [5.74, 6) is 0.787. The van der Waals surface area contributed by atoms with Crippen LogP contribution >= 0.6 is 11.3 Å². The number of thiazole rings is 1. The van der Waals surface area contributed by atoms with Gasteiger partial charge in [0.05, 0.1) is 12.0 Å². The number of anilines is 1. The molecule has 1 aromatic heterocycles. The summed E-state index contributed by atoms with van der Waals surface area (Å²) in [7, 11) is 7.74. The summed E-state index contributed by atoms with van der Waals surface area (Å²) in [6.07, 6.45) is 3.53. The second-order valence-corrected chi connectivity index (χ2v) is 5.59. The van der Waals surface area contributed by atoms with E-state index in [0.717, 1.165) is 17.4 Å². The summed E-state index contributed by atoms with van der Waals surface area (Å²) in [5, 5.41) is 4.41. The van der Waals surface area contributed by atoms with Crippen LogP contribution in [0.5, 0.6) is 5.88 Å². The maximum Gasteiger partial charge on any atom is 0.229 e. The number of rotatable bonds is 5. The molecule has 5 heteroatoms. The van der Waals surface area contributed by atoms with Crippen molar-refractivity contribution in [2.45, 2.75) is 24.8 Å². The van der Waals surface area contributed by atoms with E-state index >= 15 is 0 Å². The third-order valence-electron chi connectivity index (χ3n) is 3.11. The van der Waals surface area contributed by atoms with Crippen LogP contribution in [0.3, 0.4) is 0 Å². The van der Waals surface area contributed by atoms with Crippen LogP contribution in [0.15, 0.2) is 0 Å². The Kier molecular flexibility index (Phi) is 3.08. The first-order valence-electron chi connectivity index (χ1n) is 5.50. The Bertz CT molecular complexity index is 371. The van der Waals surface area contributed by atoms with E-state index in [1.165, 1.54) is 17.7 Å². The van der Waals surface area contributed by atoms with E-state index in [1.807, 2.05) is 26.0 Å². The maximum absolute atomic E-state index is 5.34. The number of nitrogens with zero attached hydrogens (tertiary/aromatic N) is 2. The molecule has 1 fully saturated rings. The van der Waals surface area contributed by atoms with Gasteiger partial charge in [0.15, 0.2) is 5.13 Å². The van der Waals surface area contributed by atoms with Crippen LogP contribution in [0.2, 0.25) is 0 Å². The van der Waals surface area contributed by atoms with Gasteiger partial charge < -0.3 is 15.0 Å². The van der Waals surface area contributed by atoms with Gasteiger partial charge in [-0.1, -0.05) is 11.3 Å². The van der Waals surface area contributed by atoms with E-state index in [1.54, 1.807) is 18.4 Å². The largest absolute Gasteiger partial charge is 0.480 e. The van der Waals surface area contributed by atoms with Gasteiger partial charge in [0, 0.05) is 26.1 Å². The second-order valence-electron chi connectivity index (χ2n) is 4.53. The topological polar surface area (TPSA) is 37.4 Å². The molecule has 90 valence electrons. The Morgan fingerprint density at radius 2 is 2.19 bits per heavy atom. The zero-order chi connectivity index (χ0) is 11.8. The second kappa shape index (κ2) is 4.22. The smallest absolute Gasteiger partial charge is 0.229 e. The third-order valence-corrected chi connectivity index (χ3v) is 4.31. The summed E-state index contributed by atoms with van der Waals surface area (Å²) in [5.41, 5.74) is 0.309. The standard InChI is InChI=1S/C11H19N3OS/c1-12-11(5-6-11)7-8-9(15-4)13-10(16-8)14(2)3/h12H,5-7H2,1-4H3. The normalized spacial score (nSPS) is 17.2. The zero-order valence-electron chi connectivity index (χ0n) is 10.3. The van der Waals surface area contributed by atoms with Crippen molar-refractivity contribution in [1.29, 1.82) is 0 Å². The van der Waals surface area contributed by atoms with E-state index in [2.05, 4.69) is 10.3 Å². The lowest BCUT2D eigenvalue weighted by Gasteiger charge is -2.12. The quantitative estimate of drug-likeness (QED) is 0.848. The molecule has 0 atom stereocenters. The molecule has 0 amide bonds. The number of methoxy groups -OCH3 is 1. The molecule has 0 aliphatic heterocycles. The molecule has 0 radical (unpaired) electrons. The number of aromatic nitrogens is 1. The van der Waals surface area contributed by atoms with Crippen molar-refractivity contribution < 1.29 is 4.74 Å². The fourth-order valence-electron chi connectivity index (χ4n) is 1.76. The van der Waals surface area contributed by atoms with Crippen molar-refractivity contribution >= 4 is 16.5 Å². The van der Waals surface area contributed by atoms with Gasteiger partial charge in [0.2, 0.25) is 5.88 Å². The summed E-state index contributed by atoms with van der Waals surface area (Å²) in [6.45, 7) is 0. The van der Waals surface area contributed by atoms with Gasteiger partial charge in [-0.15, -0.1) is 0 Å². The fraction of sp³-hybridized carbons (Fsp3) is 0.727. The fourth-order valence-corrected chi connectivity index (χ4v) is 2.86. The van der Waals surface area contributed by atoms with Crippen LogP contribution < -0.4 is 15.0 Å². The molecule has 1 saturated carbocycles. The van der Waals surface area contributed by atoms with Crippen LogP contribution in [-0.4, -0.2) is 38.8 Å². The van der Waals surface area contributed by atoms with Gasteiger partial charge in [-0.25, -0.2) is 0 Å². The summed E-state index contributed by atoms with van der Waals surface area (Å²) >= 11 is 1.72. The van der Waals surface area contributed by atoms with Crippen molar-refractivity contribution in [2.75, 3.05) is 33.2 Å². The van der Waals surface area contributed by atoms with Crippen molar-refractivity contribution in [3.05, 3.63) is 4.88 Å². The molecule has 0 saturated heterocycles. The average Bonchev–Trinajstić information content (AvgIpc) is 2.91. The molecule has 1 N–H and O–H groups in total. The molecule has 4 nitrogen and oxygen atoms in total. The first kappa shape index (κ1) is 11.7. The Morgan fingerprint density at radius 1 is 1.50 bits per heavy atom. The Balaban J connectivity index is 2.19. The molecule has 1 aromatic rings. The number of hydrogen-bond donors (Lipinski definition) is 1. The Hall–Kier alpha value is -0.810. The lowest BCUT2D eigenvalue weighted by Crippen LogP contribution is -2.29. The highest BCUT2D eigenvalue weighted by Crippen LogP contribution is 2.42. The molecule has 2 rings (SSSR count). The minimum Gasteiger partial charge on any atom is -0.480 e. The molecular weight excluding hydrogens is 222 g/mol. The molecule has 1 aliphatic rings. The molecule has 1 aliphatic carbocycles. The molecular formula is C11H19N3OS. The van der Waals surface area contributed by atoms with Gasteiger partial charge in [-0.05, 0) is 19.9 Å². The van der Waals surface area contributed by atoms with Gasteiger partial charge >= 0.3 is 0 Å². The van der Waals surface area contributed by atoms with Gasteiger partial charge in [-0.3, -0.25) is 0 Å². The van der Waals surface area contributed by atoms with Gasteiger partial charge in [0.1, 0.15) is 0 Å². The summed E-state index contributed by atoms with van der Waals surface area (Å²) < 4.78 is 5.34. The predicted octanol–water partition coefficient (Wildman–Crippen LogP) is 1.51. The van der Waals surface area contributed by atoms with Gasteiger partial charge in [-0.2, -0.15) is 4.98 Å². The lowest BCUT2D eigenvalue weighted by molar-refractivity contribution is 0.392. The minimum absolute atomic E-state index is 0.309. The predicted molar refractivity (Wildman–Crippen MR) is 67.7 cm³/mol. The first-order chi connectivity index (χ1) is 7.60. The highest BCUT2D eigenvalue weighted by atomic mass is 32.1. The number of likely N-dealkylation sites (N-methyl/N-ethyl adjacent to an activating group) is 1. The minimum atomic E-state index is 0.309. The molecule has 16 heavy (non-hydrogen) atoms. The van der Waals surface area contributed by atoms with Crippen molar-refractivity contribution in [1.82, 2.24) is 10.3 Å². The van der Waals surface area contributed by atoms with E-state index in [9.17, 15) is 0 Å². The van der Waals surface area contributed by atoms with Crippen molar-refractivity contribution in [3.8, 4) is 5.88 Å². The van der Waals surface area contributed by atoms with E-state index in [0.29, 0.717) is 5.54 Å². The maximum atomic E-state index is 5.34. The molecule has 0 unspecified atom stereocenters. The van der Waals surface area contributed by atoms with Crippen LogP contribution in [0.1, 0.15) is 17.7 Å². The van der Waals surface area contributed by atoms with Crippen LogP contribution in [0, 0.1) is 0 Å². The summed E-state index contributed by atoms with van der Waals surface area (Å²) in [6, 6.07) is 0. The Morgan fingerprint density at radius 3 is 2.62 bits per heavy atom. The number of ether oxygens (including phenoxy) is 1. The van der Waals surface area contributed by atoms with Crippen LogP contribution in [-0.2, 0) is 6.42 Å². The molecule has 0 aromatic carbocycles. The van der Waals surface area contributed by atoms with Crippen molar-refractivity contribution in [3.63, 3.8) is 0 Å². The van der Waals surface area contributed by atoms with E-state index < -0.39 is 0 Å². The highest BCUT2D eigenvalue weighted by Gasteiger charge is 2.42. The Labute approximate surface area is 101 Å². The zero-order valence-corrected chi connectivity index (χ0v) is 11.1. The average molecular weight is 241 g/mol. The van der Waals surface area contributed by atoms with Crippen LogP contribution in [0.25, 0.3) is 0 Å². The third kappa shape index (κ3) is 2.15. The highest BCUT2D eigenvalue weighted by molar-refractivity contribution is 7.15. The number of hydrogen-bond acceptors (Lipinski definition) is 5. The molecule has 0 spiro atoms. The van der Waals surface area contributed by atoms with Crippen molar-refractivity contribution in [2.24, 2.45) is 0 Å². The summed E-state index contributed by atoms with van der Waals surface area (Å²) in [4.78, 5) is 7.74. The molecule has 0 bridgehead atoms. The molecule has 1 heterocycles. The SMILES string of the molecule is CNC1(Cc2sc(N(C)C)nc2OC)CC1.